The van der Waals surface area contributed by atoms with Gasteiger partial charge in [-0.15, -0.1) is 0 Å². The molecule has 4 saturated carbocycles. The maximum absolute atomic E-state index is 2.77. The van der Waals surface area contributed by atoms with Crippen LogP contribution in [-0.4, -0.2) is 6.71 Å². The molecule has 59 heavy (non-hydrogen) atoms. The first kappa shape index (κ1) is 32.1. The predicted molar refractivity (Wildman–Crippen MR) is 244 cm³/mol. The van der Waals surface area contributed by atoms with Crippen molar-refractivity contribution < 1.29 is 0 Å². The maximum atomic E-state index is 2.77. The first-order valence-electron chi connectivity index (χ1n) is 22.6. The van der Waals surface area contributed by atoms with Gasteiger partial charge < -0.3 is 9.80 Å². The molecule has 8 aliphatic rings. The van der Waals surface area contributed by atoms with E-state index in [1.807, 2.05) is 0 Å². The highest BCUT2D eigenvalue weighted by Gasteiger charge is 2.60. The summed E-state index contributed by atoms with van der Waals surface area (Å²) in [6, 6.07) is 59.5. The molecule has 2 spiro atoms. The highest BCUT2D eigenvalue weighted by Crippen LogP contribution is 2.70. The fraction of sp³-hybridized carbons (Fsp3) is 0.250. The molecule has 0 radical (unpaired) electrons. The standard InChI is InChI=1S/C56H45BN2/c1-2-13-38(14-3-1)58-47-22-10-8-20-45(47)57-46-21-9-11-23-48(46)59(49-24-12-19-43-51(49)39-15-4-6-17-41(39)55(43)32-34-25-27-36(55)29-34)50-31-44-52(54(58)53(50)57)40-16-5-7-18-42(40)56(44)33-35-26-28-37(56)30-35/h1-24,31,34-37H,25-30,32-33H2/t34-,35+,36+,37-,55+,56-/m1/s1. The fourth-order valence-corrected chi connectivity index (χ4v) is 15.5. The van der Waals surface area contributed by atoms with E-state index in [1.54, 1.807) is 22.3 Å². The Hall–Kier alpha value is -5.80. The second-order valence-electron chi connectivity index (χ2n) is 19.5. The minimum Gasteiger partial charge on any atom is -0.311 e. The molecule has 2 heterocycles. The zero-order valence-electron chi connectivity index (χ0n) is 33.4. The van der Waals surface area contributed by atoms with Crippen LogP contribution in [0.1, 0.15) is 73.6 Å². The van der Waals surface area contributed by atoms with Crippen LogP contribution in [0.3, 0.4) is 0 Å². The molecular formula is C56H45BN2. The van der Waals surface area contributed by atoms with E-state index in [0.29, 0.717) is 5.92 Å². The molecule has 6 atom stereocenters. The molecule has 2 aliphatic heterocycles. The van der Waals surface area contributed by atoms with Crippen molar-refractivity contribution in [3.63, 3.8) is 0 Å². The Morgan fingerprint density at radius 2 is 0.983 bits per heavy atom. The summed E-state index contributed by atoms with van der Waals surface area (Å²) in [6.45, 7) is 0.110. The second kappa shape index (κ2) is 11.1. The smallest absolute Gasteiger partial charge is 0.252 e. The van der Waals surface area contributed by atoms with Gasteiger partial charge in [-0.05, 0) is 148 Å². The molecule has 0 aromatic heterocycles. The second-order valence-corrected chi connectivity index (χ2v) is 19.5. The molecule has 3 heteroatoms. The Kier molecular flexibility index (Phi) is 6.02. The van der Waals surface area contributed by atoms with Crippen LogP contribution in [0, 0.1) is 23.7 Å². The zero-order valence-corrected chi connectivity index (χ0v) is 33.4. The number of anilines is 6. The summed E-state index contributed by atoms with van der Waals surface area (Å²) in [6.07, 6.45) is 10.8. The zero-order chi connectivity index (χ0) is 38.2. The van der Waals surface area contributed by atoms with Crippen molar-refractivity contribution in [3.05, 3.63) is 174 Å². The van der Waals surface area contributed by atoms with Gasteiger partial charge in [-0.1, -0.05) is 128 Å². The van der Waals surface area contributed by atoms with E-state index in [2.05, 4.69) is 161 Å². The van der Waals surface area contributed by atoms with Crippen molar-refractivity contribution >= 4 is 57.2 Å². The highest BCUT2D eigenvalue weighted by molar-refractivity contribution is 7.00. The lowest BCUT2D eigenvalue weighted by Crippen LogP contribution is -2.61. The Bertz CT molecular complexity index is 2990. The minimum absolute atomic E-state index is 0.0379. The maximum Gasteiger partial charge on any atom is 0.252 e. The molecule has 0 N–H and O–H groups in total. The lowest BCUT2D eigenvalue weighted by Gasteiger charge is -2.46. The van der Waals surface area contributed by atoms with Gasteiger partial charge in [0.05, 0.1) is 11.4 Å². The molecule has 6 aliphatic carbocycles. The van der Waals surface area contributed by atoms with Crippen LogP contribution in [0.4, 0.5) is 34.1 Å². The summed E-state index contributed by atoms with van der Waals surface area (Å²) in [7, 11) is 0. The van der Waals surface area contributed by atoms with Gasteiger partial charge in [-0.25, -0.2) is 0 Å². The average molecular weight is 757 g/mol. The molecule has 4 bridgehead atoms. The van der Waals surface area contributed by atoms with Gasteiger partial charge in [0.15, 0.2) is 0 Å². The molecule has 2 nitrogen and oxygen atoms in total. The third-order valence-corrected chi connectivity index (χ3v) is 17.4. The summed E-state index contributed by atoms with van der Waals surface area (Å²) < 4.78 is 0. The molecule has 15 rings (SSSR count). The Morgan fingerprint density at radius 3 is 1.63 bits per heavy atom. The fourth-order valence-electron chi connectivity index (χ4n) is 15.5. The van der Waals surface area contributed by atoms with Crippen LogP contribution < -0.4 is 26.2 Å². The number of rotatable bonds is 2. The lowest BCUT2D eigenvalue weighted by molar-refractivity contribution is 0.327. The molecule has 4 fully saturated rings. The molecular weight excluding hydrogens is 711 g/mol. The van der Waals surface area contributed by atoms with E-state index in [-0.39, 0.29) is 17.5 Å². The molecule has 7 aromatic carbocycles. The van der Waals surface area contributed by atoms with Gasteiger partial charge in [0.25, 0.3) is 6.71 Å². The van der Waals surface area contributed by atoms with E-state index in [0.717, 1.165) is 17.8 Å². The third-order valence-electron chi connectivity index (χ3n) is 17.4. The van der Waals surface area contributed by atoms with Gasteiger partial charge in [0.2, 0.25) is 0 Å². The Morgan fingerprint density at radius 1 is 0.441 bits per heavy atom. The highest BCUT2D eigenvalue weighted by atomic mass is 15.2. The van der Waals surface area contributed by atoms with E-state index < -0.39 is 0 Å². The molecule has 7 aromatic rings. The van der Waals surface area contributed by atoms with E-state index in [9.17, 15) is 0 Å². The first-order valence-corrected chi connectivity index (χ1v) is 22.6. The van der Waals surface area contributed by atoms with Gasteiger partial charge in [0.1, 0.15) is 0 Å². The minimum atomic E-state index is 0.0379. The molecule has 0 saturated heterocycles. The molecule has 0 unspecified atom stereocenters. The largest absolute Gasteiger partial charge is 0.311 e. The van der Waals surface area contributed by atoms with E-state index in [1.165, 1.54) is 124 Å². The van der Waals surface area contributed by atoms with Crippen LogP contribution in [0.5, 0.6) is 0 Å². The number of hydrogen-bond donors (Lipinski definition) is 0. The van der Waals surface area contributed by atoms with E-state index >= 15 is 0 Å². The summed E-state index contributed by atoms with van der Waals surface area (Å²) in [4.78, 5) is 5.45. The topological polar surface area (TPSA) is 6.48 Å². The summed E-state index contributed by atoms with van der Waals surface area (Å²) in [5.41, 5.74) is 24.7. The van der Waals surface area contributed by atoms with Crippen molar-refractivity contribution in [2.45, 2.75) is 62.2 Å². The third kappa shape index (κ3) is 3.71. The Labute approximate surface area is 347 Å². The van der Waals surface area contributed by atoms with Crippen molar-refractivity contribution in [2.75, 3.05) is 9.80 Å². The summed E-state index contributed by atoms with van der Waals surface area (Å²) in [5, 5.41) is 0. The first-order chi connectivity index (χ1) is 29.2. The number of para-hydroxylation sites is 3. The summed E-state index contributed by atoms with van der Waals surface area (Å²) >= 11 is 0. The number of benzene rings is 7. The Balaban J connectivity index is 1.10. The van der Waals surface area contributed by atoms with E-state index in [4.69, 9.17) is 0 Å². The molecule has 282 valence electrons. The van der Waals surface area contributed by atoms with Crippen molar-refractivity contribution in [2.24, 2.45) is 23.7 Å². The normalized spacial score (nSPS) is 27.5. The van der Waals surface area contributed by atoms with Crippen LogP contribution in [0.15, 0.2) is 152 Å². The van der Waals surface area contributed by atoms with Crippen LogP contribution in [-0.2, 0) is 10.8 Å². The van der Waals surface area contributed by atoms with Crippen LogP contribution >= 0.6 is 0 Å². The lowest BCUT2D eigenvalue weighted by atomic mass is 9.33. The molecule has 0 amide bonds. The van der Waals surface area contributed by atoms with Gasteiger partial charge in [0, 0.05) is 44.7 Å². The average Bonchev–Trinajstić information content (AvgIpc) is 4.17. The van der Waals surface area contributed by atoms with Crippen LogP contribution in [0.2, 0.25) is 0 Å². The van der Waals surface area contributed by atoms with Gasteiger partial charge in [-0.2, -0.15) is 0 Å². The van der Waals surface area contributed by atoms with Crippen molar-refractivity contribution in [1.82, 2.24) is 0 Å². The monoisotopic (exact) mass is 756 g/mol. The summed E-state index contributed by atoms with van der Waals surface area (Å²) in [5.74, 6) is 3.04. The SMILES string of the molecule is c1ccc(N2c3ccccc3B3c4ccccc4N(c4cccc5c4-c4ccccc4[C@@]54C[C@@H]5CC[C@H]4C5)c4cc5c(c2c43)-c2ccccc2[C@]52C[C@H]3CC[C@@H]2C3)cc1. The predicted octanol–water partition coefficient (Wildman–Crippen LogP) is 11.9. The van der Waals surface area contributed by atoms with Crippen LogP contribution in [0.25, 0.3) is 22.3 Å². The quantitative estimate of drug-likeness (QED) is 0.162. The van der Waals surface area contributed by atoms with Gasteiger partial charge >= 0.3 is 0 Å². The van der Waals surface area contributed by atoms with Crippen molar-refractivity contribution in [1.29, 1.82) is 0 Å². The number of hydrogen-bond acceptors (Lipinski definition) is 2. The number of nitrogens with zero attached hydrogens (tertiary/aromatic N) is 2. The number of fused-ring (bicyclic) bond motifs is 21. The van der Waals surface area contributed by atoms with Gasteiger partial charge in [-0.3, -0.25) is 0 Å². The van der Waals surface area contributed by atoms with Crippen molar-refractivity contribution in [3.8, 4) is 22.3 Å².